The van der Waals surface area contributed by atoms with Gasteiger partial charge in [0.2, 0.25) is 0 Å². The molecular weight excluding hydrogens is 320 g/mol. The maximum absolute atomic E-state index is 12.8. The Balaban J connectivity index is 2.21. The topological polar surface area (TPSA) is 92.9 Å². The standard InChI is InChI=1S/C19H24N2O4/c1-3-4-9-25-12-17(19(23)24)21(2)18(22)15-10-13-7-5-6-8-14(13)11-16(15)20/h5-8,10-11,17H,3-4,9,12,20H2,1-2H3,(H,23,24). The smallest absolute Gasteiger partial charge is 0.328 e. The van der Waals surface area contributed by atoms with E-state index >= 15 is 0 Å². The summed E-state index contributed by atoms with van der Waals surface area (Å²) in [5.74, 6) is -1.54. The molecule has 0 heterocycles. The third-order valence-corrected chi connectivity index (χ3v) is 4.14. The highest BCUT2D eigenvalue weighted by atomic mass is 16.5. The average molecular weight is 344 g/mol. The number of carboxylic acids is 1. The van der Waals surface area contributed by atoms with E-state index in [2.05, 4.69) is 0 Å². The molecule has 0 spiro atoms. The van der Waals surface area contributed by atoms with Crippen molar-refractivity contribution >= 4 is 28.3 Å². The van der Waals surface area contributed by atoms with Crippen molar-refractivity contribution in [2.75, 3.05) is 26.0 Å². The molecule has 1 atom stereocenters. The Morgan fingerprint density at radius 3 is 2.48 bits per heavy atom. The normalized spacial score (nSPS) is 12.1. The highest BCUT2D eigenvalue weighted by molar-refractivity contribution is 6.04. The highest BCUT2D eigenvalue weighted by Crippen LogP contribution is 2.23. The number of nitrogens with two attached hydrogens (primary N) is 1. The number of carbonyl (C=O) groups excluding carboxylic acids is 1. The molecule has 2 aromatic rings. The molecule has 134 valence electrons. The van der Waals surface area contributed by atoms with Crippen LogP contribution in [0, 0.1) is 0 Å². The summed E-state index contributed by atoms with van der Waals surface area (Å²) in [5, 5.41) is 11.2. The van der Waals surface area contributed by atoms with E-state index in [0.29, 0.717) is 17.9 Å². The Hall–Kier alpha value is -2.60. The summed E-state index contributed by atoms with van der Waals surface area (Å²) in [6.07, 6.45) is 1.81. The number of rotatable bonds is 8. The van der Waals surface area contributed by atoms with E-state index in [1.54, 1.807) is 12.1 Å². The molecule has 0 aliphatic heterocycles. The molecule has 0 aliphatic carbocycles. The van der Waals surface area contributed by atoms with Crippen molar-refractivity contribution in [2.24, 2.45) is 0 Å². The van der Waals surface area contributed by atoms with Gasteiger partial charge in [0.25, 0.3) is 5.91 Å². The number of fused-ring (bicyclic) bond motifs is 1. The van der Waals surface area contributed by atoms with Gasteiger partial charge in [-0.15, -0.1) is 0 Å². The van der Waals surface area contributed by atoms with Crippen molar-refractivity contribution in [3.05, 3.63) is 42.0 Å². The fourth-order valence-electron chi connectivity index (χ4n) is 2.56. The summed E-state index contributed by atoms with van der Waals surface area (Å²) in [6, 6.07) is 9.92. The minimum atomic E-state index is -1.10. The number of unbranched alkanes of at least 4 members (excludes halogenated alkanes) is 1. The minimum Gasteiger partial charge on any atom is -0.480 e. The number of anilines is 1. The van der Waals surface area contributed by atoms with Gasteiger partial charge >= 0.3 is 5.97 Å². The van der Waals surface area contributed by atoms with Crippen LogP contribution >= 0.6 is 0 Å². The fraction of sp³-hybridized carbons (Fsp3) is 0.368. The molecule has 2 rings (SSSR count). The van der Waals surface area contributed by atoms with Crippen molar-refractivity contribution in [1.29, 1.82) is 0 Å². The summed E-state index contributed by atoms with van der Waals surface area (Å²) in [5.41, 5.74) is 6.63. The van der Waals surface area contributed by atoms with Crippen LogP contribution < -0.4 is 5.73 Å². The molecule has 0 saturated heterocycles. The lowest BCUT2D eigenvalue weighted by molar-refractivity contribution is -0.144. The van der Waals surface area contributed by atoms with Crippen LogP contribution in [0.5, 0.6) is 0 Å². The molecule has 1 amide bonds. The van der Waals surface area contributed by atoms with Gasteiger partial charge in [0.05, 0.1) is 12.2 Å². The Labute approximate surface area is 147 Å². The average Bonchev–Trinajstić information content (AvgIpc) is 2.59. The largest absolute Gasteiger partial charge is 0.480 e. The number of carbonyl (C=O) groups is 2. The van der Waals surface area contributed by atoms with Gasteiger partial charge < -0.3 is 20.5 Å². The van der Waals surface area contributed by atoms with Gasteiger partial charge in [-0.25, -0.2) is 4.79 Å². The van der Waals surface area contributed by atoms with Crippen molar-refractivity contribution in [3.8, 4) is 0 Å². The summed E-state index contributed by atoms with van der Waals surface area (Å²) in [6.45, 7) is 2.45. The molecule has 0 bridgehead atoms. The molecule has 6 heteroatoms. The van der Waals surface area contributed by atoms with E-state index in [1.807, 2.05) is 31.2 Å². The van der Waals surface area contributed by atoms with Crippen LogP contribution in [-0.4, -0.2) is 48.2 Å². The Morgan fingerprint density at radius 1 is 1.24 bits per heavy atom. The second kappa shape index (κ2) is 8.48. The zero-order chi connectivity index (χ0) is 18.4. The zero-order valence-electron chi connectivity index (χ0n) is 14.6. The van der Waals surface area contributed by atoms with Crippen molar-refractivity contribution < 1.29 is 19.4 Å². The van der Waals surface area contributed by atoms with E-state index < -0.39 is 17.9 Å². The van der Waals surface area contributed by atoms with Gasteiger partial charge in [-0.05, 0) is 29.3 Å². The quantitative estimate of drug-likeness (QED) is 0.567. The first-order chi connectivity index (χ1) is 12.0. The summed E-state index contributed by atoms with van der Waals surface area (Å²) in [4.78, 5) is 25.5. The number of aliphatic carboxylic acids is 1. The number of carboxylic acid groups (broad SMARTS) is 1. The minimum absolute atomic E-state index is 0.0505. The van der Waals surface area contributed by atoms with Crippen LogP contribution in [0.15, 0.2) is 36.4 Å². The lowest BCUT2D eigenvalue weighted by Crippen LogP contribution is -2.45. The molecule has 0 saturated carbocycles. The lowest BCUT2D eigenvalue weighted by atomic mass is 10.0. The van der Waals surface area contributed by atoms with Gasteiger partial charge in [-0.2, -0.15) is 0 Å². The first kappa shape index (κ1) is 18.7. The van der Waals surface area contributed by atoms with Gasteiger partial charge in [0, 0.05) is 19.3 Å². The third kappa shape index (κ3) is 4.48. The number of nitrogens with zero attached hydrogens (tertiary/aromatic N) is 1. The predicted octanol–water partition coefficient (Wildman–Crippen LogP) is 2.76. The van der Waals surface area contributed by atoms with Gasteiger partial charge in [0.1, 0.15) is 0 Å². The molecule has 0 aromatic heterocycles. The lowest BCUT2D eigenvalue weighted by Gasteiger charge is -2.25. The Bertz CT molecular complexity index is 760. The number of hydrogen-bond donors (Lipinski definition) is 2. The van der Waals surface area contributed by atoms with E-state index in [9.17, 15) is 14.7 Å². The number of hydrogen-bond acceptors (Lipinski definition) is 4. The molecule has 0 fully saturated rings. The predicted molar refractivity (Wildman–Crippen MR) is 97.6 cm³/mol. The number of likely N-dealkylation sites (N-methyl/N-ethyl adjacent to an activating group) is 1. The number of nitrogen functional groups attached to an aromatic ring is 1. The Kier molecular flexibility index (Phi) is 6.36. The summed E-state index contributed by atoms with van der Waals surface area (Å²) < 4.78 is 5.40. The molecule has 0 radical (unpaired) electrons. The highest BCUT2D eigenvalue weighted by Gasteiger charge is 2.28. The summed E-state index contributed by atoms with van der Waals surface area (Å²) in [7, 11) is 1.46. The monoisotopic (exact) mass is 344 g/mol. The van der Waals surface area contributed by atoms with Gasteiger partial charge in [0.15, 0.2) is 6.04 Å². The maximum Gasteiger partial charge on any atom is 0.328 e. The zero-order valence-corrected chi connectivity index (χ0v) is 14.6. The second-order valence-corrected chi connectivity index (χ2v) is 5.99. The Morgan fingerprint density at radius 2 is 1.88 bits per heavy atom. The van der Waals surface area contributed by atoms with E-state index in [0.717, 1.165) is 23.6 Å². The van der Waals surface area contributed by atoms with Crippen LogP contribution in [0.3, 0.4) is 0 Å². The third-order valence-electron chi connectivity index (χ3n) is 4.14. The van der Waals surface area contributed by atoms with Crippen LogP contribution in [0.1, 0.15) is 30.1 Å². The van der Waals surface area contributed by atoms with Crippen LogP contribution in [-0.2, 0) is 9.53 Å². The van der Waals surface area contributed by atoms with Crippen molar-refractivity contribution in [2.45, 2.75) is 25.8 Å². The molecule has 3 N–H and O–H groups in total. The molecule has 6 nitrogen and oxygen atoms in total. The maximum atomic E-state index is 12.8. The molecule has 25 heavy (non-hydrogen) atoms. The molecule has 0 aliphatic rings. The van der Waals surface area contributed by atoms with Crippen molar-refractivity contribution in [1.82, 2.24) is 4.90 Å². The van der Waals surface area contributed by atoms with Crippen LogP contribution in [0.25, 0.3) is 10.8 Å². The first-order valence-corrected chi connectivity index (χ1v) is 8.31. The van der Waals surface area contributed by atoms with E-state index in [4.69, 9.17) is 10.5 Å². The molecular formula is C19H24N2O4. The molecule has 2 aromatic carbocycles. The fourth-order valence-corrected chi connectivity index (χ4v) is 2.56. The second-order valence-electron chi connectivity index (χ2n) is 5.99. The number of ether oxygens (including phenoxy) is 1. The number of amides is 1. The first-order valence-electron chi connectivity index (χ1n) is 8.31. The molecule has 1 unspecified atom stereocenters. The van der Waals surface area contributed by atoms with Crippen LogP contribution in [0.4, 0.5) is 5.69 Å². The van der Waals surface area contributed by atoms with E-state index in [-0.39, 0.29) is 6.61 Å². The SMILES string of the molecule is CCCCOCC(C(=O)O)N(C)C(=O)c1cc2ccccc2cc1N. The van der Waals surface area contributed by atoms with Crippen molar-refractivity contribution in [3.63, 3.8) is 0 Å². The summed E-state index contributed by atoms with van der Waals surface area (Å²) >= 11 is 0. The number of benzene rings is 2. The van der Waals surface area contributed by atoms with E-state index in [1.165, 1.54) is 11.9 Å². The van der Waals surface area contributed by atoms with Gasteiger partial charge in [-0.1, -0.05) is 37.6 Å². The van der Waals surface area contributed by atoms with Gasteiger partial charge in [-0.3, -0.25) is 4.79 Å². The van der Waals surface area contributed by atoms with Crippen LogP contribution in [0.2, 0.25) is 0 Å².